The summed E-state index contributed by atoms with van der Waals surface area (Å²) in [6, 6.07) is 18.2. The zero-order valence-corrected chi connectivity index (χ0v) is 34.1. The third kappa shape index (κ3) is 7.43. The van der Waals surface area contributed by atoms with Gasteiger partial charge in [0.25, 0.3) is 17.4 Å². The van der Waals surface area contributed by atoms with Crippen LogP contribution in [0.15, 0.2) is 71.7 Å². The summed E-state index contributed by atoms with van der Waals surface area (Å²) < 4.78 is 8.99. The van der Waals surface area contributed by atoms with Crippen molar-refractivity contribution in [2.75, 3.05) is 24.5 Å². The van der Waals surface area contributed by atoms with E-state index < -0.39 is 28.3 Å². The number of carbonyl (C=O) groups excluding carboxylic acids is 4. The van der Waals surface area contributed by atoms with Gasteiger partial charge in [0.2, 0.25) is 11.8 Å². The molecule has 60 heavy (non-hydrogen) atoms. The van der Waals surface area contributed by atoms with E-state index in [0.717, 1.165) is 16.1 Å². The van der Waals surface area contributed by atoms with Gasteiger partial charge in [0.05, 0.1) is 39.5 Å². The third-order valence-electron chi connectivity index (χ3n) is 11.8. The molecule has 3 fully saturated rings. The van der Waals surface area contributed by atoms with Crippen LogP contribution >= 0.6 is 11.6 Å². The Labute approximate surface area is 349 Å². The standard InChI is InChI=1S/C42H42ClN11O6/c1-41(2)39(42(3,4)40(41)60-29-11-7-24(19-44)31(43)18-29)47-36(57)23-5-8-27(9-6-23)53-22-26(48-50-53)15-16-45-35(56)25-20-52(21-25)28-10-12-32-30(17-28)38(59)54(51-49-32)33-13-14-34(55)46-37(33)58/h5-12,17-18,22,25,33,39-40H,13-16,20-21H2,1-4H3,(H,45,56)(H,47,57)(H,46,55,58). The first kappa shape index (κ1) is 40.1. The highest BCUT2D eigenvalue weighted by Crippen LogP contribution is 2.55. The predicted molar refractivity (Wildman–Crippen MR) is 218 cm³/mol. The van der Waals surface area contributed by atoms with Gasteiger partial charge in [-0.1, -0.05) is 49.7 Å². The maximum absolute atomic E-state index is 13.4. The zero-order chi connectivity index (χ0) is 42.5. The number of nitrogens with zero attached hydrogens (tertiary/aromatic N) is 8. The minimum absolute atomic E-state index is 0.0904. The van der Waals surface area contributed by atoms with E-state index in [4.69, 9.17) is 16.3 Å². The Morgan fingerprint density at radius 1 is 0.967 bits per heavy atom. The lowest BCUT2D eigenvalue weighted by atomic mass is 9.49. The molecule has 0 bridgehead atoms. The third-order valence-corrected chi connectivity index (χ3v) is 12.1. The Hall–Kier alpha value is -6.67. The van der Waals surface area contributed by atoms with Crippen LogP contribution in [0.3, 0.4) is 0 Å². The van der Waals surface area contributed by atoms with Crippen molar-refractivity contribution in [3.05, 3.63) is 99.1 Å². The summed E-state index contributed by atoms with van der Waals surface area (Å²) in [6.45, 7) is 9.49. The number of carbonyl (C=O) groups is 4. The number of benzene rings is 3. The molecular formula is C42H42ClN11O6. The Balaban J connectivity index is 0.805. The SMILES string of the molecule is CC1(C)C(NC(=O)c2ccc(-n3cc(CCNC(=O)C4CN(c5ccc6nnn(C7CCC(=O)NC7=O)c(=O)c6c5)C4)nn3)cc2)C(C)(C)C1Oc1ccc(C#N)c(Cl)c1. The summed E-state index contributed by atoms with van der Waals surface area (Å²) in [5.74, 6) is -0.943. The number of anilines is 1. The molecule has 3 aliphatic rings. The summed E-state index contributed by atoms with van der Waals surface area (Å²) in [6.07, 6.45) is 2.30. The van der Waals surface area contributed by atoms with Crippen LogP contribution in [0.5, 0.6) is 5.75 Å². The lowest BCUT2D eigenvalue weighted by molar-refractivity contribution is -0.164. The molecular weight excluding hydrogens is 790 g/mol. The Bertz CT molecular complexity index is 2630. The van der Waals surface area contributed by atoms with Crippen LogP contribution in [-0.2, 0) is 20.8 Å². The van der Waals surface area contributed by atoms with Crippen molar-refractivity contribution in [3.8, 4) is 17.5 Å². The molecule has 308 valence electrons. The minimum Gasteiger partial charge on any atom is -0.489 e. The van der Waals surface area contributed by atoms with Gasteiger partial charge in [0.1, 0.15) is 29.5 Å². The number of hydrogen-bond acceptors (Lipinski definition) is 12. The number of ether oxygens (including phenoxy) is 1. The summed E-state index contributed by atoms with van der Waals surface area (Å²) >= 11 is 6.23. The molecule has 3 N–H and O–H groups in total. The number of amides is 4. The summed E-state index contributed by atoms with van der Waals surface area (Å²) in [7, 11) is 0. The number of imide groups is 1. The van der Waals surface area contributed by atoms with E-state index in [1.165, 1.54) is 0 Å². The minimum atomic E-state index is -0.913. The highest BCUT2D eigenvalue weighted by Gasteiger charge is 2.64. The number of nitriles is 1. The molecule has 1 unspecified atom stereocenters. The largest absolute Gasteiger partial charge is 0.489 e. The molecule has 2 saturated heterocycles. The van der Waals surface area contributed by atoms with E-state index in [9.17, 15) is 29.2 Å². The van der Waals surface area contributed by atoms with Crippen molar-refractivity contribution in [1.29, 1.82) is 5.26 Å². The van der Waals surface area contributed by atoms with Crippen LogP contribution in [0.1, 0.15) is 68.2 Å². The van der Waals surface area contributed by atoms with E-state index in [-0.39, 0.29) is 48.6 Å². The van der Waals surface area contributed by atoms with Crippen molar-refractivity contribution in [3.63, 3.8) is 0 Å². The summed E-state index contributed by atoms with van der Waals surface area (Å²) in [5, 5.41) is 34.8. The van der Waals surface area contributed by atoms with Crippen LogP contribution in [0.2, 0.25) is 5.02 Å². The molecule has 2 aromatic heterocycles. The fraction of sp³-hybridized carbons (Fsp3) is 0.381. The van der Waals surface area contributed by atoms with Gasteiger partial charge in [0, 0.05) is 66.7 Å². The molecule has 18 heteroatoms. The van der Waals surface area contributed by atoms with Gasteiger partial charge < -0.3 is 20.3 Å². The molecule has 0 spiro atoms. The number of nitrogens with one attached hydrogen (secondary N) is 3. The van der Waals surface area contributed by atoms with Crippen molar-refractivity contribution < 1.29 is 23.9 Å². The van der Waals surface area contributed by atoms with E-state index in [1.807, 2.05) is 11.0 Å². The van der Waals surface area contributed by atoms with Gasteiger partial charge >= 0.3 is 0 Å². The smallest absolute Gasteiger partial charge is 0.278 e. The maximum atomic E-state index is 13.4. The number of piperidine rings is 1. The lowest BCUT2D eigenvalue weighted by Crippen LogP contribution is -2.74. The normalized spacial score (nSPS) is 20.7. The van der Waals surface area contributed by atoms with E-state index in [0.29, 0.717) is 64.6 Å². The molecule has 1 aliphatic carbocycles. The second-order valence-electron chi connectivity index (χ2n) is 16.7. The molecule has 2 aliphatic heterocycles. The van der Waals surface area contributed by atoms with Crippen LogP contribution in [-0.4, -0.2) is 85.4 Å². The van der Waals surface area contributed by atoms with Crippen LogP contribution in [0, 0.1) is 28.1 Å². The van der Waals surface area contributed by atoms with Gasteiger partial charge in [-0.05, 0) is 61.0 Å². The molecule has 1 saturated carbocycles. The topological polar surface area (TPSA) is 219 Å². The molecule has 4 amide bonds. The average Bonchev–Trinajstić information content (AvgIpc) is 3.68. The molecule has 1 atom stereocenters. The average molecular weight is 832 g/mol. The number of rotatable bonds is 11. The van der Waals surface area contributed by atoms with Crippen molar-refractivity contribution in [1.82, 2.24) is 45.9 Å². The highest BCUT2D eigenvalue weighted by molar-refractivity contribution is 6.31. The van der Waals surface area contributed by atoms with Crippen LogP contribution in [0.4, 0.5) is 5.69 Å². The van der Waals surface area contributed by atoms with Crippen molar-refractivity contribution >= 4 is 51.8 Å². The molecule has 5 aromatic rings. The molecule has 3 aromatic carbocycles. The maximum Gasteiger partial charge on any atom is 0.278 e. The van der Waals surface area contributed by atoms with Crippen molar-refractivity contribution in [2.45, 2.75) is 65.1 Å². The Morgan fingerprint density at radius 3 is 2.40 bits per heavy atom. The molecule has 4 heterocycles. The Morgan fingerprint density at radius 2 is 1.70 bits per heavy atom. The fourth-order valence-electron chi connectivity index (χ4n) is 8.79. The first-order valence-corrected chi connectivity index (χ1v) is 20.0. The molecule has 17 nitrogen and oxygen atoms in total. The number of hydrogen-bond donors (Lipinski definition) is 3. The number of fused-ring (bicyclic) bond motifs is 1. The monoisotopic (exact) mass is 831 g/mol. The first-order chi connectivity index (χ1) is 28.6. The first-order valence-electron chi connectivity index (χ1n) is 19.6. The predicted octanol–water partition coefficient (Wildman–Crippen LogP) is 3.28. The molecule has 8 rings (SSSR count). The van der Waals surface area contributed by atoms with E-state index in [1.54, 1.807) is 65.5 Å². The lowest BCUT2D eigenvalue weighted by Gasteiger charge is -2.63. The van der Waals surface area contributed by atoms with Gasteiger partial charge in [0.15, 0.2) is 0 Å². The molecule has 0 radical (unpaired) electrons. The fourth-order valence-corrected chi connectivity index (χ4v) is 9.00. The van der Waals surface area contributed by atoms with Gasteiger partial charge in [-0.25, -0.2) is 4.68 Å². The summed E-state index contributed by atoms with van der Waals surface area (Å²) in [5.41, 5.74) is 2.12. The van der Waals surface area contributed by atoms with E-state index in [2.05, 4.69) is 70.3 Å². The van der Waals surface area contributed by atoms with Gasteiger partial charge in [-0.2, -0.15) is 9.94 Å². The Kier molecular flexibility index (Phi) is 10.4. The van der Waals surface area contributed by atoms with Crippen molar-refractivity contribution in [2.24, 2.45) is 16.7 Å². The second kappa shape index (κ2) is 15.5. The zero-order valence-electron chi connectivity index (χ0n) is 33.3. The quantitative estimate of drug-likeness (QED) is 0.163. The van der Waals surface area contributed by atoms with Gasteiger partial charge in [-0.15, -0.1) is 10.2 Å². The van der Waals surface area contributed by atoms with Crippen LogP contribution < -0.4 is 31.1 Å². The van der Waals surface area contributed by atoms with Crippen LogP contribution in [0.25, 0.3) is 16.6 Å². The second-order valence-corrected chi connectivity index (χ2v) is 17.1. The van der Waals surface area contributed by atoms with Gasteiger partial charge in [-0.3, -0.25) is 29.3 Å². The highest BCUT2D eigenvalue weighted by atomic mass is 35.5. The van der Waals surface area contributed by atoms with E-state index >= 15 is 0 Å². The number of halogens is 1. The summed E-state index contributed by atoms with van der Waals surface area (Å²) in [4.78, 5) is 65.6. The number of aromatic nitrogens is 6.